The van der Waals surface area contributed by atoms with E-state index in [2.05, 4.69) is 39.8 Å². The number of amides is 3. The van der Waals surface area contributed by atoms with Crippen LogP contribution in [0.2, 0.25) is 0 Å². The Morgan fingerprint density at radius 2 is 1.84 bits per heavy atom. The Balaban J connectivity index is 0.000000212. The number of carbonyl (C=O) groups is 3. The molecule has 0 radical (unpaired) electrons. The van der Waals surface area contributed by atoms with Gasteiger partial charge in [-0.3, -0.25) is 14.4 Å². The van der Waals surface area contributed by atoms with Crippen LogP contribution in [0.3, 0.4) is 0 Å². The number of fused-ring (bicyclic) bond motifs is 3. The molecule has 4 aromatic rings. The van der Waals surface area contributed by atoms with E-state index in [1.165, 1.54) is 6.39 Å². The molecule has 1 fully saturated rings. The molecule has 3 aromatic carbocycles. The van der Waals surface area contributed by atoms with Crippen molar-refractivity contribution in [1.29, 1.82) is 0 Å². The fourth-order valence-corrected chi connectivity index (χ4v) is 5.36. The Morgan fingerprint density at radius 1 is 1.14 bits per heavy atom. The molecule has 10 nitrogen and oxygen atoms in total. The fraction of sp³-hybridized carbons (Fsp3) is 0.290. The molecule has 13 heteroatoms. The highest BCUT2D eigenvalue weighted by molar-refractivity contribution is 7.99. The Labute approximate surface area is 257 Å². The van der Waals surface area contributed by atoms with Gasteiger partial charge in [0.1, 0.15) is 17.0 Å². The molecule has 0 aliphatic carbocycles. The number of primary amides is 1. The van der Waals surface area contributed by atoms with Crippen molar-refractivity contribution in [3.05, 3.63) is 78.2 Å². The van der Waals surface area contributed by atoms with Crippen molar-refractivity contribution >= 4 is 41.6 Å². The Kier molecular flexibility index (Phi) is 13.6. The van der Waals surface area contributed by atoms with Crippen molar-refractivity contribution in [2.45, 2.75) is 55.2 Å². The zero-order valence-electron chi connectivity index (χ0n) is 24.3. The van der Waals surface area contributed by atoms with Crippen LogP contribution < -0.4 is 15.8 Å². The maximum absolute atomic E-state index is 12.5. The number of hydrogen-bond donors (Lipinski definition) is 2. The second-order valence-corrected chi connectivity index (χ2v) is 10.6. The van der Waals surface area contributed by atoms with Gasteiger partial charge in [-0.05, 0) is 67.3 Å². The number of aromatic nitrogens is 1. The van der Waals surface area contributed by atoms with E-state index >= 15 is 0 Å². The van der Waals surface area contributed by atoms with E-state index in [0.29, 0.717) is 25.4 Å². The number of nitrogens with one attached hydrogen (secondary N) is 1. The van der Waals surface area contributed by atoms with Crippen LogP contribution in [0.15, 0.2) is 81.3 Å². The lowest BCUT2D eigenvalue weighted by molar-refractivity contribution is -0.131. The summed E-state index contributed by atoms with van der Waals surface area (Å²) in [5, 5.41) is 2.58. The quantitative estimate of drug-likeness (QED) is 0.234. The zero-order valence-corrected chi connectivity index (χ0v) is 25.1. The first kappa shape index (κ1) is 34.0. The van der Waals surface area contributed by atoms with E-state index in [1.807, 2.05) is 53.4 Å². The number of methoxy groups -OCH3 is 1. The van der Waals surface area contributed by atoms with Gasteiger partial charge < -0.3 is 29.8 Å². The van der Waals surface area contributed by atoms with Crippen molar-refractivity contribution in [1.82, 2.24) is 15.2 Å². The molecular weight excluding hydrogens is 594 g/mol. The minimum atomic E-state index is -2.62. The first-order valence-electron chi connectivity index (χ1n) is 13.6. The summed E-state index contributed by atoms with van der Waals surface area (Å²) in [7, 11) is 0.949. The molecule has 1 unspecified atom stereocenters. The predicted molar refractivity (Wildman–Crippen MR) is 161 cm³/mol. The molecule has 2 aliphatic heterocycles. The first-order valence-corrected chi connectivity index (χ1v) is 14.4. The van der Waals surface area contributed by atoms with Crippen LogP contribution in [0.25, 0.3) is 11.1 Å². The van der Waals surface area contributed by atoms with Crippen molar-refractivity contribution in [2.24, 2.45) is 5.73 Å². The van der Waals surface area contributed by atoms with Gasteiger partial charge in [0.05, 0.1) is 16.2 Å². The highest BCUT2D eigenvalue weighted by atomic mass is 32.2. The van der Waals surface area contributed by atoms with Crippen molar-refractivity contribution in [3.8, 4) is 11.5 Å². The molecule has 0 saturated carbocycles. The maximum Gasteiger partial charge on any atom is 0.345 e. The molecule has 3 heterocycles. The van der Waals surface area contributed by atoms with Gasteiger partial charge >= 0.3 is 6.61 Å². The molecule has 6 rings (SSSR count). The summed E-state index contributed by atoms with van der Waals surface area (Å²) in [6.07, 6.45) is 5.01. The highest BCUT2D eigenvalue weighted by Gasteiger charge is 2.25. The van der Waals surface area contributed by atoms with E-state index in [-0.39, 0.29) is 12.3 Å². The van der Waals surface area contributed by atoms with Crippen molar-refractivity contribution in [3.63, 3.8) is 0 Å². The van der Waals surface area contributed by atoms with Crippen LogP contribution in [0, 0.1) is 0 Å². The van der Waals surface area contributed by atoms with Crippen molar-refractivity contribution in [2.75, 3.05) is 13.7 Å². The molecule has 1 atom stereocenters. The van der Waals surface area contributed by atoms with E-state index in [9.17, 15) is 18.4 Å². The number of para-hydroxylation sites is 1. The SMILES string of the molecule is CC1CCCN1C(=O)Cc1ccc2c(c1)Oc1ccccc1S2.COC(F)F.NC=O.O=CNCc1ccc2ncoc2c1. The molecule has 1 aromatic heterocycles. The molecule has 234 valence electrons. The Morgan fingerprint density at radius 3 is 2.52 bits per heavy atom. The molecule has 2 aliphatic rings. The van der Waals surface area contributed by atoms with E-state index in [4.69, 9.17) is 13.9 Å². The number of nitrogens with zero attached hydrogens (tertiary/aromatic N) is 2. The van der Waals surface area contributed by atoms with Gasteiger partial charge in [0.15, 0.2) is 12.0 Å². The Bertz CT molecular complexity index is 1520. The Hall–Kier alpha value is -4.49. The van der Waals surface area contributed by atoms with Gasteiger partial charge in [0.2, 0.25) is 18.7 Å². The molecule has 3 amide bonds. The number of hydrogen-bond acceptors (Lipinski definition) is 8. The second kappa shape index (κ2) is 17.6. The molecule has 3 N–H and O–H groups in total. The van der Waals surface area contributed by atoms with Gasteiger partial charge in [-0.2, -0.15) is 8.78 Å². The fourth-order valence-electron chi connectivity index (χ4n) is 4.43. The first-order chi connectivity index (χ1) is 21.3. The van der Waals surface area contributed by atoms with Gasteiger partial charge in [0.25, 0.3) is 0 Å². The summed E-state index contributed by atoms with van der Waals surface area (Å²) in [5.41, 5.74) is 7.75. The summed E-state index contributed by atoms with van der Waals surface area (Å²) in [6, 6.07) is 20.2. The number of nitrogens with two attached hydrogens (primary N) is 1. The molecule has 0 spiro atoms. The monoisotopic (exact) mass is 628 g/mol. The van der Waals surface area contributed by atoms with Gasteiger partial charge in [-0.15, -0.1) is 0 Å². The van der Waals surface area contributed by atoms with Gasteiger partial charge in [-0.25, -0.2) is 4.98 Å². The summed E-state index contributed by atoms with van der Waals surface area (Å²) < 4.78 is 35.6. The number of halogens is 2. The standard InChI is InChI=1S/C19H19NO2S.C9H8N2O2.C2H4F2O.CH3NO/c1-13-5-4-10-20(13)19(21)12-14-8-9-18-16(11-14)22-15-6-2-3-7-17(15)23-18;12-5-10-4-7-1-2-8-9(3-7)13-6-11-8;1-5-2(3)4;2-1-3/h2-3,6-9,11,13H,4-5,10,12H2,1H3;1-3,5-6H,4H2,(H,10,12);2H,1H3;1H,(H2,2,3). The van der Waals surface area contributed by atoms with E-state index in [1.54, 1.807) is 11.8 Å². The normalized spacial score (nSPS) is 14.3. The van der Waals surface area contributed by atoms with E-state index < -0.39 is 6.61 Å². The largest absolute Gasteiger partial charge is 0.455 e. The number of rotatable bonds is 6. The lowest BCUT2D eigenvalue weighted by Gasteiger charge is -2.22. The zero-order chi connectivity index (χ0) is 31.9. The lowest BCUT2D eigenvalue weighted by atomic mass is 10.1. The lowest BCUT2D eigenvalue weighted by Crippen LogP contribution is -2.34. The highest BCUT2D eigenvalue weighted by Crippen LogP contribution is 2.47. The van der Waals surface area contributed by atoms with Gasteiger partial charge in [0, 0.05) is 26.2 Å². The summed E-state index contributed by atoms with van der Waals surface area (Å²) >= 11 is 1.72. The number of likely N-dealkylation sites (tertiary alicyclic amines) is 1. The smallest absolute Gasteiger partial charge is 0.345 e. The number of alkyl halides is 2. The summed E-state index contributed by atoms with van der Waals surface area (Å²) in [5.74, 6) is 1.97. The van der Waals surface area contributed by atoms with Crippen LogP contribution in [-0.2, 0) is 32.1 Å². The number of benzene rings is 3. The number of ether oxygens (including phenoxy) is 2. The van der Waals surface area contributed by atoms with Gasteiger partial charge in [-0.1, -0.05) is 36.0 Å². The van der Waals surface area contributed by atoms with Crippen LogP contribution in [0.5, 0.6) is 11.5 Å². The number of carbonyl (C=O) groups excluding carboxylic acids is 3. The summed E-state index contributed by atoms with van der Waals surface area (Å²) in [6.45, 7) is 0.925. The third-order valence-corrected chi connectivity index (χ3v) is 7.60. The molecule has 1 saturated heterocycles. The maximum atomic E-state index is 12.5. The van der Waals surface area contributed by atoms with Crippen LogP contribution in [0.4, 0.5) is 8.78 Å². The van der Waals surface area contributed by atoms with Crippen LogP contribution in [-0.4, -0.2) is 54.9 Å². The minimum Gasteiger partial charge on any atom is -0.455 e. The van der Waals surface area contributed by atoms with E-state index in [0.717, 1.165) is 70.0 Å². The third-order valence-electron chi connectivity index (χ3n) is 6.49. The molecule has 44 heavy (non-hydrogen) atoms. The third kappa shape index (κ3) is 10.1. The topological polar surface area (TPSA) is 137 Å². The minimum absolute atomic E-state index is 0.221. The second-order valence-electron chi connectivity index (χ2n) is 9.47. The number of oxazole rings is 1. The summed E-state index contributed by atoms with van der Waals surface area (Å²) in [4.78, 5) is 39.3. The van der Waals surface area contributed by atoms with Crippen molar-refractivity contribution < 1.29 is 37.1 Å². The van der Waals surface area contributed by atoms with Crippen LogP contribution in [0.1, 0.15) is 30.9 Å². The van der Waals surface area contributed by atoms with Crippen LogP contribution >= 0.6 is 11.8 Å². The average molecular weight is 629 g/mol. The predicted octanol–water partition coefficient (Wildman–Crippen LogP) is 5.53. The molecule has 0 bridgehead atoms. The average Bonchev–Trinajstić information content (AvgIpc) is 3.68. The molecular formula is C31H34F2N4O6S.